The number of nitrogens with two attached hydrogens (primary N) is 2. The van der Waals surface area contributed by atoms with Gasteiger partial charge < -0.3 is 16.8 Å². The molecule has 0 aliphatic heterocycles. The molecule has 3 rings (SSSR count). The number of aromatic nitrogens is 2. The normalized spacial score (nSPS) is 10.7. The van der Waals surface area contributed by atoms with Gasteiger partial charge >= 0.3 is 0 Å². The van der Waals surface area contributed by atoms with Crippen molar-refractivity contribution in [3.63, 3.8) is 0 Å². The van der Waals surface area contributed by atoms with Crippen molar-refractivity contribution in [2.45, 2.75) is 19.9 Å². The first-order chi connectivity index (χ1) is 13.8. The zero-order chi connectivity index (χ0) is 21.1. The van der Waals surface area contributed by atoms with E-state index in [1.807, 2.05) is 6.92 Å². The molecule has 0 atom stereocenters. The molecule has 5 N–H and O–H groups in total. The van der Waals surface area contributed by atoms with E-state index in [1.165, 1.54) is 6.07 Å². The molecular formula is C19H18Cl2N6O2. The van der Waals surface area contributed by atoms with Gasteiger partial charge in [0.1, 0.15) is 11.5 Å². The second-order valence-corrected chi connectivity index (χ2v) is 7.14. The summed E-state index contributed by atoms with van der Waals surface area (Å²) in [6.07, 6.45) is 0.551. The van der Waals surface area contributed by atoms with E-state index in [4.69, 9.17) is 34.7 Å². The summed E-state index contributed by atoms with van der Waals surface area (Å²) in [4.78, 5) is 19.4. The maximum absolute atomic E-state index is 11.7. The van der Waals surface area contributed by atoms with Gasteiger partial charge in [0.2, 0.25) is 5.95 Å². The number of nitrogens with one attached hydrogen (secondary N) is 1. The molecule has 0 saturated carbocycles. The van der Waals surface area contributed by atoms with Crippen molar-refractivity contribution in [3.8, 4) is 11.1 Å². The summed E-state index contributed by atoms with van der Waals surface area (Å²) in [5.41, 5.74) is 14.4. The molecule has 0 unspecified atom stereocenters. The molecular weight excluding hydrogens is 415 g/mol. The molecule has 0 fully saturated rings. The molecule has 0 saturated heterocycles. The fourth-order valence-corrected chi connectivity index (χ4v) is 3.59. The fourth-order valence-electron chi connectivity index (χ4n) is 3.01. The molecule has 0 spiro atoms. The maximum atomic E-state index is 11.7. The maximum Gasteiger partial charge on any atom is 0.292 e. The Balaban J connectivity index is 1.97. The molecule has 0 radical (unpaired) electrons. The van der Waals surface area contributed by atoms with Crippen LogP contribution >= 0.6 is 23.2 Å². The Hall–Kier alpha value is -3.10. The van der Waals surface area contributed by atoms with E-state index in [2.05, 4.69) is 15.3 Å². The lowest BCUT2D eigenvalue weighted by Crippen LogP contribution is -2.07. The van der Waals surface area contributed by atoms with Gasteiger partial charge in [-0.15, -0.1) is 0 Å². The minimum Gasteiger partial charge on any atom is -0.383 e. The van der Waals surface area contributed by atoms with Crippen LogP contribution in [0.25, 0.3) is 11.1 Å². The number of nitrogens with zero attached hydrogens (tertiary/aromatic N) is 3. The third-order valence-electron chi connectivity index (χ3n) is 4.25. The van der Waals surface area contributed by atoms with Gasteiger partial charge in [0.05, 0.1) is 10.6 Å². The SMILES string of the molecule is CCc1nc(N)nc(N)c1-c1ccc(NCc2cc(Cl)cc(Cl)c2)c([N+](=O)[O-])c1. The van der Waals surface area contributed by atoms with Crippen LogP contribution in [0.15, 0.2) is 36.4 Å². The van der Waals surface area contributed by atoms with Gasteiger partial charge in [-0.1, -0.05) is 36.2 Å². The first-order valence-electron chi connectivity index (χ1n) is 8.68. The molecule has 10 heteroatoms. The van der Waals surface area contributed by atoms with E-state index in [1.54, 1.807) is 30.3 Å². The topological polar surface area (TPSA) is 133 Å². The molecule has 3 aromatic rings. The average molecular weight is 433 g/mol. The van der Waals surface area contributed by atoms with Crippen molar-refractivity contribution in [2.75, 3.05) is 16.8 Å². The Morgan fingerprint density at radius 3 is 2.41 bits per heavy atom. The average Bonchev–Trinajstić information content (AvgIpc) is 2.65. The number of benzene rings is 2. The van der Waals surface area contributed by atoms with Crippen molar-refractivity contribution in [1.29, 1.82) is 0 Å². The van der Waals surface area contributed by atoms with Gasteiger partial charge in [-0.25, -0.2) is 4.98 Å². The summed E-state index contributed by atoms with van der Waals surface area (Å²) in [5.74, 6) is 0.244. The molecule has 0 amide bonds. The standard InChI is InChI=1S/C19H18Cl2N6O2/c1-2-14-17(18(22)26-19(23)25-14)11-3-4-15(16(7-11)27(28)29)24-9-10-5-12(20)8-13(21)6-10/h3-8,24H,2,9H2,1H3,(H4,22,23,25,26). The Morgan fingerprint density at radius 1 is 1.10 bits per heavy atom. The molecule has 0 bridgehead atoms. The van der Waals surface area contributed by atoms with Gasteiger partial charge in [0, 0.05) is 28.2 Å². The number of nitrogen functional groups attached to an aromatic ring is 2. The molecule has 150 valence electrons. The van der Waals surface area contributed by atoms with Crippen molar-refractivity contribution in [3.05, 3.63) is 67.8 Å². The number of hydrogen-bond donors (Lipinski definition) is 3. The van der Waals surface area contributed by atoms with Crippen LogP contribution in [0, 0.1) is 10.1 Å². The largest absolute Gasteiger partial charge is 0.383 e. The lowest BCUT2D eigenvalue weighted by Gasteiger charge is -2.13. The molecule has 1 heterocycles. The first kappa shape index (κ1) is 20.6. The highest BCUT2D eigenvalue weighted by molar-refractivity contribution is 6.34. The Kier molecular flexibility index (Phi) is 6.05. The smallest absolute Gasteiger partial charge is 0.292 e. The van der Waals surface area contributed by atoms with Gasteiger partial charge in [-0.2, -0.15) is 4.98 Å². The highest BCUT2D eigenvalue weighted by atomic mass is 35.5. The van der Waals surface area contributed by atoms with Crippen LogP contribution in [-0.2, 0) is 13.0 Å². The van der Waals surface area contributed by atoms with Crippen LogP contribution in [0.2, 0.25) is 10.0 Å². The van der Waals surface area contributed by atoms with E-state index in [9.17, 15) is 10.1 Å². The first-order valence-corrected chi connectivity index (χ1v) is 9.43. The van der Waals surface area contributed by atoms with Crippen LogP contribution in [0.3, 0.4) is 0 Å². The van der Waals surface area contributed by atoms with Gasteiger partial charge in [-0.3, -0.25) is 10.1 Å². The Bertz CT molecular complexity index is 1070. The van der Waals surface area contributed by atoms with Crippen molar-refractivity contribution >= 4 is 46.3 Å². The number of anilines is 3. The van der Waals surface area contributed by atoms with E-state index >= 15 is 0 Å². The third kappa shape index (κ3) is 4.67. The summed E-state index contributed by atoms with van der Waals surface area (Å²) < 4.78 is 0. The highest BCUT2D eigenvalue weighted by Gasteiger charge is 2.19. The summed E-state index contributed by atoms with van der Waals surface area (Å²) in [6, 6.07) is 9.88. The number of hydrogen-bond acceptors (Lipinski definition) is 7. The minimum absolute atomic E-state index is 0.0658. The molecule has 2 aromatic carbocycles. The van der Waals surface area contributed by atoms with Crippen molar-refractivity contribution < 1.29 is 4.92 Å². The van der Waals surface area contributed by atoms with Crippen LogP contribution in [0.1, 0.15) is 18.2 Å². The number of halogens is 2. The van der Waals surface area contributed by atoms with Gasteiger partial charge in [-0.05, 0) is 41.8 Å². The van der Waals surface area contributed by atoms with Crippen molar-refractivity contribution in [2.24, 2.45) is 0 Å². The van der Waals surface area contributed by atoms with E-state index in [0.29, 0.717) is 45.5 Å². The van der Waals surface area contributed by atoms with Crippen LogP contribution < -0.4 is 16.8 Å². The lowest BCUT2D eigenvalue weighted by molar-refractivity contribution is -0.383. The van der Waals surface area contributed by atoms with Gasteiger partial charge in [0.15, 0.2) is 0 Å². The van der Waals surface area contributed by atoms with Crippen LogP contribution in [-0.4, -0.2) is 14.9 Å². The number of rotatable bonds is 6. The summed E-state index contributed by atoms with van der Waals surface area (Å²) in [6.45, 7) is 2.21. The molecule has 0 aliphatic carbocycles. The quantitative estimate of drug-likeness (QED) is 0.379. The summed E-state index contributed by atoms with van der Waals surface area (Å²) in [7, 11) is 0. The van der Waals surface area contributed by atoms with E-state index in [0.717, 1.165) is 5.56 Å². The lowest BCUT2D eigenvalue weighted by atomic mass is 10.0. The fraction of sp³-hybridized carbons (Fsp3) is 0.158. The van der Waals surface area contributed by atoms with Crippen LogP contribution in [0.4, 0.5) is 23.1 Å². The summed E-state index contributed by atoms with van der Waals surface area (Å²) in [5, 5.41) is 15.7. The second kappa shape index (κ2) is 8.50. The zero-order valence-electron chi connectivity index (χ0n) is 15.4. The predicted molar refractivity (Wildman–Crippen MR) is 116 cm³/mol. The number of nitro benzene ring substituents is 1. The zero-order valence-corrected chi connectivity index (χ0v) is 17.0. The van der Waals surface area contributed by atoms with Gasteiger partial charge in [0.25, 0.3) is 5.69 Å². The van der Waals surface area contributed by atoms with E-state index in [-0.39, 0.29) is 17.5 Å². The van der Waals surface area contributed by atoms with Crippen molar-refractivity contribution in [1.82, 2.24) is 9.97 Å². The minimum atomic E-state index is -0.462. The molecule has 29 heavy (non-hydrogen) atoms. The second-order valence-electron chi connectivity index (χ2n) is 6.26. The molecule has 1 aromatic heterocycles. The Labute approximate surface area is 177 Å². The predicted octanol–water partition coefficient (Wildman–Crippen LogP) is 4.70. The number of nitro groups is 1. The van der Waals surface area contributed by atoms with Crippen LogP contribution in [0.5, 0.6) is 0 Å². The number of aryl methyl sites for hydroxylation is 1. The highest BCUT2D eigenvalue weighted by Crippen LogP contribution is 2.35. The Morgan fingerprint density at radius 2 is 1.79 bits per heavy atom. The monoisotopic (exact) mass is 432 g/mol. The third-order valence-corrected chi connectivity index (χ3v) is 4.69. The summed E-state index contributed by atoms with van der Waals surface area (Å²) >= 11 is 12.0. The van der Waals surface area contributed by atoms with E-state index < -0.39 is 4.92 Å². The molecule has 0 aliphatic rings. The molecule has 8 nitrogen and oxygen atoms in total.